The lowest BCUT2D eigenvalue weighted by Crippen LogP contribution is -2.20. The lowest BCUT2D eigenvalue weighted by Gasteiger charge is -2.06. The van der Waals surface area contributed by atoms with Crippen LogP contribution in [0.3, 0.4) is 0 Å². The molecule has 1 heterocycles. The van der Waals surface area contributed by atoms with Gasteiger partial charge in [0.05, 0.1) is 13.0 Å². The molecule has 1 aliphatic carbocycles. The molecular formula is C16H13NO3. The van der Waals surface area contributed by atoms with Gasteiger partial charge >= 0.3 is 0 Å². The maximum Gasteiger partial charge on any atom is 0.175 e. The van der Waals surface area contributed by atoms with Crippen molar-refractivity contribution in [1.82, 2.24) is 4.98 Å². The van der Waals surface area contributed by atoms with Crippen LogP contribution in [-0.4, -0.2) is 23.7 Å². The molecule has 0 fully saturated rings. The van der Waals surface area contributed by atoms with Gasteiger partial charge in [-0.2, -0.15) is 0 Å². The summed E-state index contributed by atoms with van der Waals surface area (Å²) in [5.74, 6) is -0.307. The summed E-state index contributed by atoms with van der Waals surface area (Å²) in [5.41, 5.74) is 1.97. The fourth-order valence-corrected chi connectivity index (χ4v) is 2.51. The Morgan fingerprint density at radius 1 is 1.35 bits per heavy atom. The van der Waals surface area contributed by atoms with Crippen LogP contribution in [0.4, 0.5) is 0 Å². The number of ketones is 2. The highest BCUT2D eigenvalue weighted by Crippen LogP contribution is 2.31. The van der Waals surface area contributed by atoms with Crippen molar-refractivity contribution < 1.29 is 14.3 Å². The van der Waals surface area contributed by atoms with Crippen LogP contribution < -0.4 is 4.74 Å². The van der Waals surface area contributed by atoms with Crippen LogP contribution in [0.25, 0.3) is 0 Å². The number of nitrogens with zero attached hydrogens (tertiary/aromatic N) is 1. The Bertz CT molecular complexity index is 679. The highest BCUT2D eigenvalue weighted by atomic mass is 16.5. The molecule has 0 amide bonds. The number of fused-ring (bicyclic) bond motifs is 1. The molecule has 0 aliphatic heterocycles. The van der Waals surface area contributed by atoms with Crippen LogP contribution in [0.2, 0.25) is 0 Å². The molecule has 1 aromatic carbocycles. The summed E-state index contributed by atoms with van der Waals surface area (Å²) in [4.78, 5) is 28.7. The van der Waals surface area contributed by atoms with Gasteiger partial charge in [-0.1, -0.05) is 6.07 Å². The Morgan fingerprint density at radius 3 is 2.90 bits per heavy atom. The van der Waals surface area contributed by atoms with E-state index in [2.05, 4.69) is 4.98 Å². The SMILES string of the molecule is COc1ccc2c(c1)C(=O)C(C(=O)c1cccnc1)C2. The van der Waals surface area contributed by atoms with Gasteiger partial charge in [0.1, 0.15) is 5.75 Å². The number of hydrogen-bond donors (Lipinski definition) is 0. The summed E-state index contributed by atoms with van der Waals surface area (Å²) >= 11 is 0. The molecule has 3 rings (SSSR count). The maximum absolute atomic E-state index is 12.4. The van der Waals surface area contributed by atoms with Crippen LogP contribution in [0.1, 0.15) is 26.3 Å². The van der Waals surface area contributed by atoms with Crippen LogP contribution in [0.5, 0.6) is 5.75 Å². The third kappa shape index (κ3) is 1.99. The van der Waals surface area contributed by atoms with Crippen molar-refractivity contribution in [3.05, 3.63) is 59.4 Å². The van der Waals surface area contributed by atoms with E-state index in [4.69, 9.17) is 4.74 Å². The lowest BCUT2D eigenvalue weighted by atomic mass is 9.95. The first kappa shape index (κ1) is 12.5. The van der Waals surface area contributed by atoms with Gasteiger partial charge in [-0.05, 0) is 36.2 Å². The van der Waals surface area contributed by atoms with Gasteiger partial charge in [0, 0.05) is 23.5 Å². The second-order valence-corrected chi connectivity index (χ2v) is 4.75. The number of ether oxygens (including phenoxy) is 1. The summed E-state index contributed by atoms with van der Waals surface area (Å²) in [6.45, 7) is 0. The Hall–Kier alpha value is -2.49. The van der Waals surface area contributed by atoms with Crippen molar-refractivity contribution in [3.63, 3.8) is 0 Å². The molecule has 0 saturated carbocycles. The fourth-order valence-electron chi connectivity index (χ4n) is 2.51. The Kier molecular flexibility index (Phi) is 3.06. The summed E-state index contributed by atoms with van der Waals surface area (Å²) < 4.78 is 5.12. The quantitative estimate of drug-likeness (QED) is 0.632. The maximum atomic E-state index is 12.4. The fraction of sp³-hybridized carbons (Fsp3) is 0.188. The minimum atomic E-state index is -0.638. The third-order valence-electron chi connectivity index (χ3n) is 3.59. The predicted octanol–water partition coefficient (Wildman–Crippen LogP) is 2.33. The van der Waals surface area contributed by atoms with E-state index < -0.39 is 5.92 Å². The Labute approximate surface area is 116 Å². The van der Waals surface area contributed by atoms with E-state index in [0.29, 0.717) is 23.3 Å². The van der Waals surface area contributed by atoms with Gasteiger partial charge < -0.3 is 4.74 Å². The van der Waals surface area contributed by atoms with E-state index in [0.717, 1.165) is 5.56 Å². The molecule has 0 saturated heterocycles. The average Bonchev–Trinajstić information content (AvgIpc) is 2.84. The second-order valence-electron chi connectivity index (χ2n) is 4.75. The van der Waals surface area contributed by atoms with E-state index in [1.165, 1.54) is 6.20 Å². The van der Waals surface area contributed by atoms with Crippen LogP contribution in [0, 0.1) is 5.92 Å². The minimum Gasteiger partial charge on any atom is -0.497 e. The highest BCUT2D eigenvalue weighted by Gasteiger charge is 2.36. The molecule has 0 spiro atoms. The predicted molar refractivity (Wildman–Crippen MR) is 73.1 cm³/mol. The van der Waals surface area contributed by atoms with Crippen molar-refractivity contribution in [2.75, 3.05) is 7.11 Å². The minimum absolute atomic E-state index is 0.132. The van der Waals surface area contributed by atoms with Crippen LogP contribution in [-0.2, 0) is 6.42 Å². The first-order chi connectivity index (χ1) is 9.70. The van der Waals surface area contributed by atoms with E-state index in [1.54, 1.807) is 31.5 Å². The third-order valence-corrected chi connectivity index (χ3v) is 3.59. The Morgan fingerprint density at radius 2 is 2.20 bits per heavy atom. The number of benzene rings is 1. The molecule has 4 nitrogen and oxygen atoms in total. The number of methoxy groups -OCH3 is 1. The average molecular weight is 267 g/mol. The van der Waals surface area contributed by atoms with Crippen molar-refractivity contribution in [1.29, 1.82) is 0 Å². The molecule has 1 aromatic heterocycles. The number of Topliss-reactive ketones (excluding diaryl/α,β-unsaturated/α-hetero) is 2. The van der Waals surface area contributed by atoms with Crippen molar-refractivity contribution in [3.8, 4) is 5.75 Å². The largest absolute Gasteiger partial charge is 0.497 e. The zero-order chi connectivity index (χ0) is 14.1. The number of rotatable bonds is 3. The van der Waals surface area contributed by atoms with E-state index in [9.17, 15) is 9.59 Å². The highest BCUT2D eigenvalue weighted by molar-refractivity contribution is 6.18. The normalized spacial score (nSPS) is 16.9. The zero-order valence-corrected chi connectivity index (χ0v) is 11.0. The van der Waals surface area contributed by atoms with Gasteiger partial charge in [-0.15, -0.1) is 0 Å². The first-order valence-corrected chi connectivity index (χ1v) is 6.36. The summed E-state index contributed by atoms with van der Waals surface area (Å²) in [5, 5.41) is 0. The van der Waals surface area contributed by atoms with Crippen molar-refractivity contribution in [2.24, 2.45) is 5.92 Å². The summed E-state index contributed by atoms with van der Waals surface area (Å²) in [6.07, 6.45) is 3.55. The number of carbonyl (C=O) groups excluding carboxylic acids is 2. The van der Waals surface area contributed by atoms with Gasteiger partial charge in [-0.3, -0.25) is 14.6 Å². The van der Waals surface area contributed by atoms with Gasteiger partial charge in [0.15, 0.2) is 11.6 Å². The van der Waals surface area contributed by atoms with Gasteiger partial charge in [-0.25, -0.2) is 0 Å². The Balaban J connectivity index is 1.92. The standard InChI is InChI=1S/C16H13NO3/c1-20-12-5-4-10-7-14(16(19)13(10)8-12)15(18)11-3-2-6-17-9-11/h2-6,8-9,14H,7H2,1H3. The first-order valence-electron chi connectivity index (χ1n) is 6.36. The summed E-state index contributed by atoms with van der Waals surface area (Å²) in [7, 11) is 1.55. The molecule has 1 atom stereocenters. The number of pyridine rings is 1. The molecular weight excluding hydrogens is 254 g/mol. The molecule has 100 valence electrons. The molecule has 20 heavy (non-hydrogen) atoms. The van der Waals surface area contributed by atoms with Crippen LogP contribution in [0.15, 0.2) is 42.7 Å². The van der Waals surface area contributed by atoms with Crippen molar-refractivity contribution in [2.45, 2.75) is 6.42 Å². The van der Waals surface area contributed by atoms with Gasteiger partial charge in [0.25, 0.3) is 0 Å². The molecule has 1 aliphatic rings. The van der Waals surface area contributed by atoms with E-state index >= 15 is 0 Å². The molecule has 0 radical (unpaired) electrons. The molecule has 1 unspecified atom stereocenters. The monoisotopic (exact) mass is 267 g/mol. The van der Waals surface area contributed by atoms with E-state index in [-0.39, 0.29) is 11.6 Å². The topological polar surface area (TPSA) is 56.3 Å². The number of aromatic nitrogens is 1. The molecule has 4 heteroatoms. The van der Waals surface area contributed by atoms with E-state index in [1.807, 2.05) is 12.1 Å². The number of hydrogen-bond acceptors (Lipinski definition) is 4. The molecule has 2 aromatic rings. The molecule has 0 N–H and O–H groups in total. The van der Waals surface area contributed by atoms with Crippen molar-refractivity contribution >= 4 is 11.6 Å². The summed E-state index contributed by atoms with van der Waals surface area (Å²) in [6, 6.07) is 8.74. The van der Waals surface area contributed by atoms with Gasteiger partial charge in [0.2, 0.25) is 0 Å². The van der Waals surface area contributed by atoms with Crippen LogP contribution >= 0.6 is 0 Å². The number of carbonyl (C=O) groups is 2. The smallest absolute Gasteiger partial charge is 0.175 e. The molecule has 0 bridgehead atoms. The second kappa shape index (κ2) is 4.89. The lowest BCUT2D eigenvalue weighted by molar-refractivity contribution is 0.0822. The zero-order valence-electron chi connectivity index (χ0n) is 11.0.